The van der Waals surface area contributed by atoms with Gasteiger partial charge < -0.3 is 10.0 Å². The van der Waals surface area contributed by atoms with Crippen molar-refractivity contribution in [1.29, 1.82) is 0 Å². The lowest BCUT2D eigenvalue weighted by molar-refractivity contribution is 0.199. The predicted molar refractivity (Wildman–Crippen MR) is 88.3 cm³/mol. The van der Waals surface area contributed by atoms with Gasteiger partial charge in [0.1, 0.15) is 0 Å². The molecule has 0 fully saturated rings. The standard InChI is InChI=1S/C16H17BrClNO/c1-11(20)15-9-13(17)5-8-16(15)19(2)10-12-3-6-14(18)7-4-12/h3-9,11,20H,10H2,1-2H3. The maximum atomic E-state index is 9.92. The fourth-order valence-corrected chi connectivity index (χ4v) is 2.66. The fraction of sp³-hybridized carbons (Fsp3) is 0.250. The van der Waals surface area contributed by atoms with E-state index in [-0.39, 0.29) is 0 Å². The van der Waals surface area contributed by atoms with Gasteiger partial charge in [-0.1, -0.05) is 39.7 Å². The summed E-state index contributed by atoms with van der Waals surface area (Å²) in [4.78, 5) is 2.12. The van der Waals surface area contributed by atoms with Crippen LogP contribution in [-0.4, -0.2) is 12.2 Å². The Morgan fingerprint density at radius 3 is 2.45 bits per heavy atom. The normalized spacial score (nSPS) is 12.2. The number of aliphatic hydroxyl groups excluding tert-OH is 1. The highest BCUT2D eigenvalue weighted by Gasteiger charge is 2.12. The van der Waals surface area contributed by atoms with Crippen LogP contribution in [0.25, 0.3) is 0 Å². The Balaban J connectivity index is 2.24. The van der Waals surface area contributed by atoms with Gasteiger partial charge >= 0.3 is 0 Å². The average Bonchev–Trinajstić information content (AvgIpc) is 2.41. The van der Waals surface area contributed by atoms with Crippen LogP contribution >= 0.6 is 27.5 Å². The van der Waals surface area contributed by atoms with Crippen molar-refractivity contribution in [1.82, 2.24) is 0 Å². The maximum absolute atomic E-state index is 9.92. The van der Waals surface area contributed by atoms with E-state index in [1.807, 2.05) is 49.5 Å². The van der Waals surface area contributed by atoms with E-state index >= 15 is 0 Å². The van der Waals surface area contributed by atoms with E-state index in [4.69, 9.17) is 11.6 Å². The summed E-state index contributed by atoms with van der Waals surface area (Å²) in [5.41, 5.74) is 3.12. The minimum Gasteiger partial charge on any atom is -0.389 e. The highest BCUT2D eigenvalue weighted by Crippen LogP contribution is 2.29. The molecule has 0 radical (unpaired) electrons. The van der Waals surface area contributed by atoms with Crippen LogP contribution in [0.4, 0.5) is 5.69 Å². The van der Waals surface area contributed by atoms with Crippen molar-refractivity contribution in [3.63, 3.8) is 0 Å². The Kier molecular flexibility index (Phi) is 5.08. The summed E-state index contributed by atoms with van der Waals surface area (Å²) in [5, 5.41) is 10.7. The SMILES string of the molecule is CC(O)c1cc(Br)ccc1N(C)Cc1ccc(Cl)cc1. The third-order valence-corrected chi connectivity index (χ3v) is 3.93. The van der Waals surface area contributed by atoms with Crippen molar-refractivity contribution < 1.29 is 5.11 Å². The fourth-order valence-electron chi connectivity index (χ4n) is 2.16. The van der Waals surface area contributed by atoms with Crippen LogP contribution in [0.1, 0.15) is 24.2 Å². The lowest BCUT2D eigenvalue weighted by Crippen LogP contribution is -2.18. The number of hydrogen-bond acceptors (Lipinski definition) is 2. The van der Waals surface area contributed by atoms with E-state index < -0.39 is 6.10 Å². The third-order valence-electron chi connectivity index (χ3n) is 3.18. The number of rotatable bonds is 4. The molecule has 2 nitrogen and oxygen atoms in total. The van der Waals surface area contributed by atoms with Gasteiger partial charge in [-0.2, -0.15) is 0 Å². The summed E-state index contributed by atoms with van der Waals surface area (Å²) < 4.78 is 0.969. The molecule has 0 bridgehead atoms. The number of benzene rings is 2. The molecule has 0 aliphatic rings. The highest BCUT2D eigenvalue weighted by atomic mass is 79.9. The van der Waals surface area contributed by atoms with E-state index in [1.165, 1.54) is 5.56 Å². The second-order valence-corrected chi connectivity index (χ2v) is 6.21. The number of hydrogen-bond donors (Lipinski definition) is 1. The monoisotopic (exact) mass is 353 g/mol. The molecule has 0 aliphatic carbocycles. The third kappa shape index (κ3) is 3.75. The van der Waals surface area contributed by atoms with Crippen molar-refractivity contribution in [2.24, 2.45) is 0 Å². The molecule has 0 spiro atoms. The lowest BCUT2D eigenvalue weighted by atomic mass is 10.1. The summed E-state index contributed by atoms with van der Waals surface area (Å²) in [5.74, 6) is 0. The molecule has 0 saturated carbocycles. The van der Waals surface area contributed by atoms with Crippen LogP contribution in [0.3, 0.4) is 0 Å². The Bertz CT molecular complexity index is 584. The molecular weight excluding hydrogens is 338 g/mol. The van der Waals surface area contributed by atoms with Gasteiger partial charge in [-0.25, -0.2) is 0 Å². The van der Waals surface area contributed by atoms with Crippen molar-refractivity contribution in [2.75, 3.05) is 11.9 Å². The molecular formula is C16H17BrClNO. The lowest BCUT2D eigenvalue weighted by Gasteiger charge is -2.24. The number of halogens is 2. The molecule has 4 heteroatoms. The first kappa shape index (κ1) is 15.4. The van der Waals surface area contributed by atoms with E-state index in [9.17, 15) is 5.11 Å². The number of anilines is 1. The van der Waals surface area contributed by atoms with E-state index in [0.717, 1.165) is 27.3 Å². The van der Waals surface area contributed by atoms with E-state index in [0.29, 0.717) is 0 Å². The number of aliphatic hydroxyl groups is 1. The molecule has 0 heterocycles. The second-order valence-electron chi connectivity index (χ2n) is 4.86. The largest absolute Gasteiger partial charge is 0.389 e. The smallest absolute Gasteiger partial charge is 0.0782 e. The van der Waals surface area contributed by atoms with E-state index in [1.54, 1.807) is 6.92 Å². The average molecular weight is 355 g/mol. The summed E-state index contributed by atoms with van der Waals surface area (Å²) in [7, 11) is 2.02. The van der Waals surface area contributed by atoms with Gasteiger partial charge in [-0.3, -0.25) is 0 Å². The zero-order valence-electron chi connectivity index (χ0n) is 11.5. The first-order chi connectivity index (χ1) is 9.47. The molecule has 2 aromatic carbocycles. The molecule has 20 heavy (non-hydrogen) atoms. The van der Waals surface area contributed by atoms with Gasteiger partial charge in [-0.05, 0) is 42.8 Å². The Hall–Kier alpha value is -1.03. The van der Waals surface area contributed by atoms with Crippen LogP contribution in [0, 0.1) is 0 Å². The van der Waals surface area contributed by atoms with Gasteiger partial charge in [-0.15, -0.1) is 0 Å². The molecule has 1 unspecified atom stereocenters. The summed E-state index contributed by atoms with van der Waals surface area (Å²) in [6, 6.07) is 13.8. The van der Waals surface area contributed by atoms with Gasteiger partial charge in [0.05, 0.1) is 6.10 Å². The molecule has 0 amide bonds. The molecule has 0 aromatic heterocycles. The maximum Gasteiger partial charge on any atom is 0.0782 e. The first-order valence-corrected chi connectivity index (χ1v) is 7.57. The van der Waals surface area contributed by atoms with Crippen molar-refractivity contribution >= 4 is 33.2 Å². The minimum atomic E-state index is -0.504. The zero-order valence-corrected chi connectivity index (χ0v) is 13.8. The Morgan fingerprint density at radius 1 is 1.20 bits per heavy atom. The highest BCUT2D eigenvalue weighted by molar-refractivity contribution is 9.10. The van der Waals surface area contributed by atoms with Crippen LogP contribution in [-0.2, 0) is 6.54 Å². The molecule has 2 rings (SSSR count). The Labute approximate surface area is 133 Å². The minimum absolute atomic E-state index is 0.504. The molecule has 1 N–H and O–H groups in total. The predicted octanol–water partition coefficient (Wildman–Crippen LogP) is 4.79. The molecule has 106 valence electrons. The van der Waals surface area contributed by atoms with E-state index in [2.05, 4.69) is 20.8 Å². The molecule has 2 aromatic rings. The zero-order chi connectivity index (χ0) is 14.7. The van der Waals surface area contributed by atoms with Gasteiger partial charge in [0.25, 0.3) is 0 Å². The first-order valence-electron chi connectivity index (χ1n) is 6.40. The van der Waals surface area contributed by atoms with Crippen LogP contribution in [0.15, 0.2) is 46.9 Å². The van der Waals surface area contributed by atoms with Crippen molar-refractivity contribution in [3.05, 3.63) is 63.1 Å². The Morgan fingerprint density at radius 2 is 1.85 bits per heavy atom. The van der Waals surface area contributed by atoms with Crippen LogP contribution in [0.2, 0.25) is 5.02 Å². The van der Waals surface area contributed by atoms with Gasteiger partial charge in [0.2, 0.25) is 0 Å². The quantitative estimate of drug-likeness (QED) is 0.853. The molecule has 0 saturated heterocycles. The van der Waals surface area contributed by atoms with Crippen molar-refractivity contribution in [3.8, 4) is 0 Å². The van der Waals surface area contributed by atoms with Crippen LogP contribution in [0.5, 0.6) is 0 Å². The molecule has 0 aliphatic heterocycles. The van der Waals surface area contributed by atoms with Crippen LogP contribution < -0.4 is 4.90 Å². The second kappa shape index (κ2) is 6.61. The summed E-state index contributed by atoms with van der Waals surface area (Å²) in [6.07, 6.45) is -0.504. The summed E-state index contributed by atoms with van der Waals surface area (Å²) in [6.45, 7) is 2.54. The van der Waals surface area contributed by atoms with Gasteiger partial charge in [0.15, 0.2) is 0 Å². The van der Waals surface area contributed by atoms with Crippen molar-refractivity contribution in [2.45, 2.75) is 19.6 Å². The summed E-state index contributed by atoms with van der Waals surface area (Å²) >= 11 is 9.34. The number of nitrogens with zero attached hydrogens (tertiary/aromatic N) is 1. The molecule has 1 atom stereocenters. The van der Waals surface area contributed by atoms with Gasteiger partial charge in [0, 0.05) is 34.3 Å². The topological polar surface area (TPSA) is 23.5 Å².